The first-order valence-corrected chi connectivity index (χ1v) is 5.24. The molecule has 0 aliphatic carbocycles. The van der Waals surface area contributed by atoms with Crippen LogP contribution >= 0.6 is 0 Å². The van der Waals surface area contributed by atoms with Gasteiger partial charge in [0, 0.05) is 30.1 Å². The van der Waals surface area contributed by atoms with Gasteiger partial charge in [0.1, 0.15) is 5.82 Å². The van der Waals surface area contributed by atoms with Gasteiger partial charge in [-0.25, -0.2) is 9.97 Å². The molecule has 0 saturated carbocycles. The van der Waals surface area contributed by atoms with E-state index < -0.39 is 0 Å². The Bertz CT molecular complexity index is 468. The van der Waals surface area contributed by atoms with E-state index in [1.54, 1.807) is 12.4 Å². The molecule has 0 unspecified atom stereocenters. The Morgan fingerprint density at radius 1 is 1.31 bits per heavy atom. The molecule has 2 N–H and O–H groups in total. The fourth-order valence-corrected chi connectivity index (χ4v) is 1.53. The van der Waals surface area contributed by atoms with Gasteiger partial charge in [-0.1, -0.05) is 0 Å². The molecule has 4 nitrogen and oxygen atoms in total. The van der Waals surface area contributed by atoms with Crippen LogP contribution in [-0.2, 0) is 6.42 Å². The summed E-state index contributed by atoms with van der Waals surface area (Å²) in [6.45, 7) is 2.53. The summed E-state index contributed by atoms with van der Waals surface area (Å²) in [4.78, 5) is 12.9. The molecule has 2 heterocycles. The summed E-state index contributed by atoms with van der Waals surface area (Å²) in [6.07, 6.45) is 4.25. The minimum absolute atomic E-state index is 0.565. The molecule has 0 saturated heterocycles. The van der Waals surface area contributed by atoms with Gasteiger partial charge in [-0.15, -0.1) is 0 Å². The Kier molecular flexibility index (Phi) is 3.22. The largest absolute Gasteiger partial charge is 0.330 e. The summed E-state index contributed by atoms with van der Waals surface area (Å²) < 4.78 is 0. The van der Waals surface area contributed by atoms with Crippen molar-refractivity contribution in [2.24, 2.45) is 5.73 Å². The minimum Gasteiger partial charge on any atom is -0.330 e. The quantitative estimate of drug-likeness (QED) is 0.837. The van der Waals surface area contributed by atoms with E-state index in [0.717, 1.165) is 22.8 Å². The molecule has 2 aromatic rings. The Morgan fingerprint density at radius 2 is 2.19 bits per heavy atom. The van der Waals surface area contributed by atoms with Crippen molar-refractivity contribution in [3.8, 4) is 11.3 Å². The van der Waals surface area contributed by atoms with Crippen molar-refractivity contribution in [1.29, 1.82) is 0 Å². The second-order valence-corrected chi connectivity index (χ2v) is 3.59. The van der Waals surface area contributed by atoms with Crippen molar-refractivity contribution in [2.45, 2.75) is 13.3 Å². The third-order valence-corrected chi connectivity index (χ3v) is 2.23. The summed E-state index contributed by atoms with van der Waals surface area (Å²) in [5.41, 5.74) is 8.38. The molecule has 0 aliphatic heterocycles. The van der Waals surface area contributed by atoms with Gasteiger partial charge in [-0.2, -0.15) is 0 Å². The maximum absolute atomic E-state index is 5.51. The van der Waals surface area contributed by atoms with Crippen LogP contribution in [-0.4, -0.2) is 21.5 Å². The van der Waals surface area contributed by atoms with Gasteiger partial charge in [0.25, 0.3) is 0 Å². The number of nitrogens with two attached hydrogens (primary N) is 1. The molecule has 16 heavy (non-hydrogen) atoms. The van der Waals surface area contributed by atoms with Gasteiger partial charge >= 0.3 is 0 Å². The molecule has 0 aliphatic rings. The Balaban J connectivity index is 2.41. The van der Waals surface area contributed by atoms with Crippen LogP contribution in [0.25, 0.3) is 11.3 Å². The van der Waals surface area contributed by atoms with E-state index >= 15 is 0 Å². The lowest BCUT2D eigenvalue weighted by atomic mass is 10.2. The van der Waals surface area contributed by atoms with Gasteiger partial charge < -0.3 is 5.73 Å². The highest BCUT2D eigenvalue weighted by molar-refractivity contribution is 5.57. The maximum Gasteiger partial charge on any atom is 0.130 e. The van der Waals surface area contributed by atoms with Gasteiger partial charge in [0.2, 0.25) is 0 Å². The normalized spacial score (nSPS) is 10.4. The molecular formula is C12H14N4. The van der Waals surface area contributed by atoms with Gasteiger partial charge in [0.05, 0.1) is 5.69 Å². The summed E-state index contributed by atoms with van der Waals surface area (Å²) in [5, 5.41) is 0. The zero-order valence-electron chi connectivity index (χ0n) is 9.22. The van der Waals surface area contributed by atoms with E-state index in [1.165, 1.54) is 0 Å². The molecule has 0 aromatic carbocycles. The predicted molar refractivity (Wildman–Crippen MR) is 62.8 cm³/mol. The monoisotopic (exact) mass is 214 g/mol. The van der Waals surface area contributed by atoms with Crippen LogP contribution in [0.3, 0.4) is 0 Å². The maximum atomic E-state index is 5.51. The van der Waals surface area contributed by atoms with Crippen LogP contribution < -0.4 is 5.73 Å². The minimum atomic E-state index is 0.565. The van der Waals surface area contributed by atoms with Crippen molar-refractivity contribution >= 4 is 0 Å². The van der Waals surface area contributed by atoms with Crippen molar-refractivity contribution in [3.63, 3.8) is 0 Å². The topological polar surface area (TPSA) is 64.7 Å². The lowest BCUT2D eigenvalue weighted by Gasteiger charge is -2.04. The first-order valence-electron chi connectivity index (χ1n) is 5.24. The van der Waals surface area contributed by atoms with Crippen molar-refractivity contribution in [1.82, 2.24) is 15.0 Å². The van der Waals surface area contributed by atoms with Crippen LogP contribution in [0.1, 0.15) is 11.5 Å². The standard InChI is InChI=1S/C12H14N4/c1-9-7-11(10-3-2-6-14-8-10)16-12(15-9)4-5-13/h2-3,6-8H,4-5,13H2,1H3. The molecule has 82 valence electrons. The van der Waals surface area contributed by atoms with Crippen molar-refractivity contribution in [2.75, 3.05) is 6.54 Å². The van der Waals surface area contributed by atoms with Crippen molar-refractivity contribution < 1.29 is 0 Å². The number of hydrogen-bond acceptors (Lipinski definition) is 4. The summed E-state index contributed by atoms with van der Waals surface area (Å²) >= 11 is 0. The average molecular weight is 214 g/mol. The van der Waals surface area contributed by atoms with Gasteiger partial charge in [-0.05, 0) is 31.7 Å². The van der Waals surface area contributed by atoms with E-state index in [-0.39, 0.29) is 0 Å². The first kappa shape index (κ1) is 10.7. The zero-order valence-corrected chi connectivity index (χ0v) is 9.22. The smallest absolute Gasteiger partial charge is 0.130 e. The highest BCUT2D eigenvalue weighted by atomic mass is 14.9. The molecule has 0 bridgehead atoms. The Labute approximate surface area is 94.6 Å². The molecule has 0 fully saturated rings. The lowest BCUT2D eigenvalue weighted by Crippen LogP contribution is -2.07. The van der Waals surface area contributed by atoms with Crippen LogP contribution in [0.2, 0.25) is 0 Å². The number of pyridine rings is 1. The van der Waals surface area contributed by atoms with Crippen LogP contribution in [0, 0.1) is 6.92 Å². The zero-order chi connectivity index (χ0) is 11.4. The van der Waals surface area contributed by atoms with Gasteiger partial charge in [-0.3, -0.25) is 4.98 Å². The SMILES string of the molecule is Cc1cc(-c2cccnc2)nc(CCN)n1. The second-order valence-electron chi connectivity index (χ2n) is 3.59. The molecule has 0 spiro atoms. The highest BCUT2D eigenvalue weighted by Gasteiger charge is 2.03. The average Bonchev–Trinajstić information content (AvgIpc) is 2.30. The van der Waals surface area contributed by atoms with E-state index in [9.17, 15) is 0 Å². The molecule has 0 amide bonds. The van der Waals surface area contributed by atoms with Crippen molar-refractivity contribution in [3.05, 3.63) is 42.1 Å². The lowest BCUT2D eigenvalue weighted by molar-refractivity contribution is 0.858. The number of rotatable bonds is 3. The van der Waals surface area contributed by atoms with E-state index in [2.05, 4.69) is 15.0 Å². The molecular weight excluding hydrogens is 200 g/mol. The Hall–Kier alpha value is -1.81. The van der Waals surface area contributed by atoms with E-state index in [4.69, 9.17) is 5.73 Å². The van der Waals surface area contributed by atoms with E-state index in [0.29, 0.717) is 13.0 Å². The fourth-order valence-electron chi connectivity index (χ4n) is 1.53. The molecule has 2 rings (SSSR count). The number of nitrogens with zero attached hydrogens (tertiary/aromatic N) is 3. The number of hydrogen-bond donors (Lipinski definition) is 1. The van der Waals surface area contributed by atoms with Crippen LogP contribution in [0.15, 0.2) is 30.6 Å². The highest BCUT2D eigenvalue weighted by Crippen LogP contribution is 2.16. The Morgan fingerprint density at radius 3 is 2.88 bits per heavy atom. The van der Waals surface area contributed by atoms with Gasteiger partial charge in [0.15, 0.2) is 0 Å². The van der Waals surface area contributed by atoms with Crippen LogP contribution in [0.4, 0.5) is 0 Å². The third kappa shape index (κ3) is 2.41. The predicted octanol–water partition coefficient (Wildman–Crippen LogP) is 1.35. The third-order valence-electron chi connectivity index (χ3n) is 2.23. The van der Waals surface area contributed by atoms with Crippen LogP contribution in [0.5, 0.6) is 0 Å². The first-order chi connectivity index (χ1) is 7.79. The fraction of sp³-hybridized carbons (Fsp3) is 0.250. The number of aromatic nitrogens is 3. The summed E-state index contributed by atoms with van der Waals surface area (Å²) in [5.74, 6) is 0.793. The molecule has 0 radical (unpaired) electrons. The van der Waals surface area contributed by atoms with E-state index in [1.807, 2.05) is 25.1 Å². The molecule has 4 heteroatoms. The molecule has 2 aromatic heterocycles. The summed E-state index contributed by atoms with van der Waals surface area (Å²) in [6, 6.07) is 5.84. The molecule has 0 atom stereocenters. The second kappa shape index (κ2) is 4.81. The number of aryl methyl sites for hydroxylation is 1. The summed E-state index contributed by atoms with van der Waals surface area (Å²) in [7, 11) is 0.